The molecule has 2 aromatic rings. The van der Waals surface area contributed by atoms with Crippen LogP contribution >= 0.6 is 35.3 Å². The molecule has 0 atom stereocenters. The number of rotatable bonds is 7. The Labute approximate surface area is 160 Å². The Balaban J connectivity index is 0.00000264. The lowest BCUT2D eigenvalue weighted by molar-refractivity contribution is 0.487. The summed E-state index contributed by atoms with van der Waals surface area (Å²) in [4.78, 5) is 8.38. The zero-order valence-electron chi connectivity index (χ0n) is 13.9. The predicted octanol–water partition coefficient (Wildman–Crippen LogP) is 4.05. The lowest BCUT2D eigenvalue weighted by Crippen LogP contribution is -2.40. The summed E-state index contributed by atoms with van der Waals surface area (Å²) >= 11 is 1.82. The zero-order chi connectivity index (χ0) is 15.6. The quantitative estimate of drug-likeness (QED) is 0.397. The molecule has 23 heavy (non-hydrogen) atoms. The molecule has 1 heterocycles. The maximum atomic E-state index is 4.74. The molecule has 1 N–H and O–H groups in total. The van der Waals surface area contributed by atoms with E-state index in [2.05, 4.69) is 72.0 Å². The Hall–Kier alpha value is -1.08. The minimum atomic E-state index is 0. The van der Waals surface area contributed by atoms with E-state index < -0.39 is 0 Å². The van der Waals surface area contributed by atoms with E-state index in [1.165, 1.54) is 10.4 Å². The molecular weight excluding hydrogens is 417 g/mol. The fourth-order valence-corrected chi connectivity index (χ4v) is 2.94. The van der Waals surface area contributed by atoms with Gasteiger partial charge >= 0.3 is 0 Å². The molecule has 0 bridgehead atoms. The molecule has 0 radical (unpaired) electrons. The molecule has 1 aromatic heterocycles. The number of nitrogens with one attached hydrogen (secondary N) is 1. The van der Waals surface area contributed by atoms with Crippen molar-refractivity contribution < 1.29 is 0 Å². The van der Waals surface area contributed by atoms with Crippen molar-refractivity contribution in [3.05, 3.63) is 58.3 Å². The Bertz CT molecular complexity index is 555. The monoisotopic (exact) mass is 443 g/mol. The summed E-state index contributed by atoms with van der Waals surface area (Å²) in [7, 11) is 2.11. The number of hydrogen-bond donors (Lipinski definition) is 1. The molecule has 0 aliphatic heterocycles. The lowest BCUT2D eigenvalue weighted by atomic mass is 10.2. The van der Waals surface area contributed by atoms with Gasteiger partial charge in [-0.15, -0.1) is 35.3 Å². The Morgan fingerprint density at radius 2 is 1.91 bits per heavy atom. The molecule has 3 nitrogen and oxygen atoms in total. The molecule has 0 unspecified atom stereocenters. The van der Waals surface area contributed by atoms with Gasteiger partial charge in [0.2, 0.25) is 0 Å². The molecule has 0 aliphatic carbocycles. The van der Waals surface area contributed by atoms with E-state index in [1.807, 2.05) is 11.3 Å². The van der Waals surface area contributed by atoms with Crippen LogP contribution < -0.4 is 5.32 Å². The summed E-state index contributed by atoms with van der Waals surface area (Å²) in [5.74, 6) is 0.995. The average molecular weight is 443 g/mol. The van der Waals surface area contributed by atoms with Crippen LogP contribution in [0.25, 0.3) is 0 Å². The van der Waals surface area contributed by atoms with Gasteiger partial charge in [-0.3, -0.25) is 4.99 Å². The third-order valence-electron chi connectivity index (χ3n) is 3.48. The Morgan fingerprint density at radius 1 is 1.13 bits per heavy atom. The smallest absolute Gasteiger partial charge is 0.193 e. The van der Waals surface area contributed by atoms with Crippen LogP contribution in [0.3, 0.4) is 0 Å². The topological polar surface area (TPSA) is 27.6 Å². The summed E-state index contributed by atoms with van der Waals surface area (Å²) in [6.07, 6.45) is 2.05. The second-order valence-corrected chi connectivity index (χ2v) is 6.25. The van der Waals surface area contributed by atoms with Crippen molar-refractivity contribution in [3.63, 3.8) is 0 Å². The van der Waals surface area contributed by atoms with Gasteiger partial charge in [-0.05, 0) is 36.8 Å². The SMILES string of the molecule is CCNC(=NCCc1ccccc1)N(C)CCc1cccs1.I. The predicted molar refractivity (Wildman–Crippen MR) is 112 cm³/mol. The number of thiophene rings is 1. The second kappa shape index (κ2) is 11.5. The summed E-state index contributed by atoms with van der Waals surface area (Å²) in [6.45, 7) is 4.81. The maximum absolute atomic E-state index is 4.74. The lowest BCUT2D eigenvalue weighted by Gasteiger charge is -2.21. The van der Waals surface area contributed by atoms with Crippen molar-refractivity contribution in [1.82, 2.24) is 10.2 Å². The molecule has 2 rings (SSSR count). The van der Waals surface area contributed by atoms with Crippen LogP contribution in [-0.2, 0) is 12.8 Å². The molecule has 1 aromatic carbocycles. The molecule has 5 heteroatoms. The summed E-state index contributed by atoms with van der Waals surface area (Å²) in [6, 6.07) is 14.8. The highest BCUT2D eigenvalue weighted by Gasteiger charge is 2.06. The zero-order valence-corrected chi connectivity index (χ0v) is 17.0. The minimum absolute atomic E-state index is 0. The van der Waals surface area contributed by atoms with Crippen molar-refractivity contribution in [2.24, 2.45) is 4.99 Å². The summed E-state index contributed by atoms with van der Waals surface area (Å²) < 4.78 is 0. The van der Waals surface area contributed by atoms with Gasteiger partial charge in [0.15, 0.2) is 5.96 Å². The van der Waals surface area contributed by atoms with E-state index in [1.54, 1.807) is 0 Å². The first-order chi connectivity index (χ1) is 10.8. The standard InChI is InChI=1S/C18H25N3S.HI/c1-3-19-18(20-13-11-16-8-5-4-6-9-16)21(2)14-12-17-10-7-15-22-17;/h4-10,15H,3,11-14H2,1-2H3,(H,19,20);1H. The van der Waals surface area contributed by atoms with Crippen LogP contribution in [0.15, 0.2) is 52.8 Å². The van der Waals surface area contributed by atoms with Gasteiger partial charge < -0.3 is 10.2 Å². The molecule has 0 saturated carbocycles. The first-order valence-corrected chi connectivity index (χ1v) is 8.73. The molecule has 0 saturated heterocycles. The number of hydrogen-bond acceptors (Lipinski definition) is 2. The highest BCUT2D eigenvalue weighted by molar-refractivity contribution is 14.0. The number of nitrogens with zero attached hydrogens (tertiary/aromatic N) is 2. The fraction of sp³-hybridized carbons (Fsp3) is 0.389. The van der Waals surface area contributed by atoms with Gasteiger partial charge in [-0.1, -0.05) is 36.4 Å². The van der Waals surface area contributed by atoms with Gasteiger partial charge in [0.05, 0.1) is 0 Å². The number of likely N-dealkylation sites (N-methyl/N-ethyl adjacent to an activating group) is 1. The summed E-state index contributed by atoms with van der Waals surface area (Å²) in [5.41, 5.74) is 1.34. The normalized spacial score (nSPS) is 11.0. The number of benzene rings is 1. The fourth-order valence-electron chi connectivity index (χ4n) is 2.24. The third-order valence-corrected chi connectivity index (χ3v) is 4.41. The van der Waals surface area contributed by atoms with E-state index in [9.17, 15) is 0 Å². The first kappa shape index (κ1) is 20.0. The van der Waals surface area contributed by atoms with E-state index in [0.29, 0.717) is 0 Å². The average Bonchev–Trinajstić information content (AvgIpc) is 3.06. The molecule has 0 fully saturated rings. The van der Waals surface area contributed by atoms with Crippen molar-refractivity contribution in [2.75, 3.05) is 26.7 Å². The number of halogens is 1. The maximum Gasteiger partial charge on any atom is 0.193 e. The van der Waals surface area contributed by atoms with E-state index in [0.717, 1.165) is 38.4 Å². The van der Waals surface area contributed by atoms with Crippen LogP contribution in [0.4, 0.5) is 0 Å². The van der Waals surface area contributed by atoms with Gasteiger partial charge in [-0.25, -0.2) is 0 Å². The second-order valence-electron chi connectivity index (χ2n) is 5.22. The third kappa shape index (κ3) is 7.35. The number of aliphatic imine (C=N–C) groups is 1. The van der Waals surface area contributed by atoms with E-state index >= 15 is 0 Å². The van der Waals surface area contributed by atoms with Crippen molar-refractivity contribution in [3.8, 4) is 0 Å². The molecule has 126 valence electrons. The Kier molecular flexibility index (Phi) is 9.94. The van der Waals surface area contributed by atoms with Gasteiger partial charge in [0, 0.05) is 31.6 Å². The van der Waals surface area contributed by atoms with Crippen molar-refractivity contribution in [1.29, 1.82) is 0 Å². The molecular formula is C18H26IN3S. The van der Waals surface area contributed by atoms with Crippen LogP contribution in [-0.4, -0.2) is 37.5 Å². The van der Waals surface area contributed by atoms with Crippen LogP contribution in [0.5, 0.6) is 0 Å². The van der Waals surface area contributed by atoms with Crippen molar-refractivity contribution in [2.45, 2.75) is 19.8 Å². The highest BCUT2D eigenvalue weighted by Crippen LogP contribution is 2.09. The van der Waals surface area contributed by atoms with E-state index in [-0.39, 0.29) is 24.0 Å². The number of guanidine groups is 1. The molecule has 0 spiro atoms. The van der Waals surface area contributed by atoms with E-state index in [4.69, 9.17) is 4.99 Å². The first-order valence-electron chi connectivity index (χ1n) is 7.85. The van der Waals surface area contributed by atoms with Gasteiger partial charge in [0.25, 0.3) is 0 Å². The highest BCUT2D eigenvalue weighted by atomic mass is 127. The van der Waals surface area contributed by atoms with Gasteiger partial charge in [0.1, 0.15) is 0 Å². The van der Waals surface area contributed by atoms with Crippen LogP contribution in [0, 0.1) is 0 Å². The van der Waals surface area contributed by atoms with Gasteiger partial charge in [-0.2, -0.15) is 0 Å². The van der Waals surface area contributed by atoms with Crippen molar-refractivity contribution >= 4 is 41.3 Å². The Morgan fingerprint density at radius 3 is 2.57 bits per heavy atom. The minimum Gasteiger partial charge on any atom is -0.357 e. The largest absolute Gasteiger partial charge is 0.357 e. The van der Waals surface area contributed by atoms with Crippen LogP contribution in [0.1, 0.15) is 17.4 Å². The van der Waals surface area contributed by atoms with Crippen LogP contribution in [0.2, 0.25) is 0 Å². The molecule has 0 aliphatic rings. The molecule has 0 amide bonds. The summed E-state index contributed by atoms with van der Waals surface area (Å²) in [5, 5.41) is 5.51.